The van der Waals surface area contributed by atoms with Crippen LogP contribution in [0, 0.1) is 0 Å². The largest absolute Gasteiger partial charge is 0.378 e. The van der Waals surface area contributed by atoms with E-state index in [-0.39, 0.29) is 17.7 Å². The van der Waals surface area contributed by atoms with Gasteiger partial charge in [-0.1, -0.05) is 24.3 Å². The monoisotopic (exact) mass is 367 g/mol. The number of benzene rings is 1. The molecule has 0 radical (unpaired) electrons. The fourth-order valence-corrected chi connectivity index (χ4v) is 3.81. The minimum atomic E-state index is -0.201. The number of rotatable bonds is 4. The first-order valence-electron chi connectivity index (χ1n) is 9.49. The van der Waals surface area contributed by atoms with Crippen molar-refractivity contribution in [3.8, 4) is 11.3 Å². The second-order valence-electron chi connectivity index (χ2n) is 7.27. The van der Waals surface area contributed by atoms with E-state index in [2.05, 4.69) is 21.7 Å². The van der Waals surface area contributed by atoms with E-state index in [0.29, 0.717) is 19.8 Å². The molecule has 27 heavy (non-hydrogen) atoms. The number of nitrogens with one attached hydrogen (secondary N) is 2. The predicted molar refractivity (Wildman–Crippen MR) is 102 cm³/mol. The number of urea groups is 1. The minimum Gasteiger partial charge on any atom is -0.378 e. The van der Waals surface area contributed by atoms with Gasteiger partial charge in [-0.25, -0.2) is 4.79 Å². The molecule has 1 aromatic carbocycles. The van der Waals surface area contributed by atoms with Crippen molar-refractivity contribution in [2.45, 2.75) is 37.5 Å². The van der Waals surface area contributed by atoms with Crippen molar-refractivity contribution in [2.24, 2.45) is 0 Å². The van der Waals surface area contributed by atoms with Gasteiger partial charge in [0, 0.05) is 44.0 Å². The fourth-order valence-electron chi connectivity index (χ4n) is 3.81. The molecule has 2 aliphatic rings. The second kappa shape index (κ2) is 8.06. The summed E-state index contributed by atoms with van der Waals surface area (Å²) in [6.07, 6.45) is 4.34. The van der Waals surface area contributed by atoms with E-state index in [9.17, 15) is 4.79 Å². The van der Waals surface area contributed by atoms with Crippen LogP contribution in [0.25, 0.3) is 11.3 Å². The smallest absolute Gasteiger partial charge is 0.315 e. The van der Waals surface area contributed by atoms with Crippen LogP contribution in [0.2, 0.25) is 0 Å². The van der Waals surface area contributed by atoms with Gasteiger partial charge in [0.1, 0.15) is 0 Å². The van der Waals surface area contributed by atoms with E-state index in [1.807, 2.05) is 36.4 Å². The van der Waals surface area contributed by atoms with Crippen LogP contribution in [0.5, 0.6) is 0 Å². The van der Waals surface area contributed by atoms with Gasteiger partial charge in [-0.05, 0) is 36.6 Å². The van der Waals surface area contributed by atoms with Gasteiger partial charge in [0.05, 0.1) is 17.9 Å². The molecule has 2 aromatic rings. The van der Waals surface area contributed by atoms with E-state index >= 15 is 0 Å². The number of ether oxygens (including phenoxy) is 2. The van der Waals surface area contributed by atoms with Crippen molar-refractivity contribution in [3.05, 3.63) is 54.2 Å². The lowest BCUT2D eigenvalue weighted by Crippen LogP contribution is -2.51. The maximum atomic E-state index is 12.3. The summed E-state index contributed by atoms with van der Waals surface area (Å²) in [5.41, 5.74) is 2.81. The number of hydrogen-bond acceptors (Lipinski definition) is 4. The van der Waals surface area contributed by atoms with Gasteiger partial charge in [0.2, 0.25) is 0 Å². The molecule has 0 bridgehead atoms. The molecule has 2 amide bonds. The fraction of sp³-hybridized carbons (Fsp3) is 0.429. The Morgan fingerprint density at radius 1 is 1.22 bits per heavy atom. The highest BCUT2D eigenvalue weighted by Gasteiger charge is 2.41. The van der Waals surface area contributed by atoms with E-state index in [4.69, 9.17) is 9.47 Å². The van der Waals surface area contributed by atoms with Crippen LogP contribution in [-0.4, -0.2) is 42.5 Å². The maximum absolute atomic E-state index is 12.3. The normalized spacial score (nSPS) is 24.7. The maximum Gasteiger partial charge on any atom is 0.315 e. The summed E-state index contributed by atoms with van der Waals surface area (Å²) < 4.78 is 11.4. The van der Waals surface area contributed by atoms with Crippen LogP contribution < -0.4 is 10.6 Å². The van der Waals surface area contributed by atoms with Crippen LogP contribution >= 0.6 is 0 Å². The van der Waals surface area contributed by atoms with Crippen molar-refractivity contribution in [1.82, 2.24) is 15.6 Å². The molecule has 1 aromatic heterocycles. The minimum absolute atomic E-state index is 0.125. The standard InChI is InChI=1S/C21H25N3O3/c25-20(24-18-7-10-27-21(13-18)8-11-26-15-21)23-14-16-4-3-5-17(12-16)19-6-1-2-9-22-19/h1-6,9,12,18H,7-8,10-11,13-15H2,(H2,23,24,25). The average Bonchev–Trinajstić information content (AvgIpc) is 3.15. The molecule has 2 atom stereocenters. The van der Waals surface area contributed by atoms with Crippen LogP contribution in [0.15, 0.2) is 48.7 Å². The number of pyridine rings is 1. The van der Waals surface area contributed by atoms with E-state index in [1.165, 1.54) is 0 Å². The number of carbonyl (C=O) groups excluding carboxylic acids is 1. The van der Waals surface area contributed by atoms with Crippen LogP contribution in [0.3, 0.4) is 0 Å². The summed E-state index contributed by atoms with van der Waals surface area (Å²) in [6, 6.07) is 13.9. The Morgan fingerprint density at radius 2 is 2.19 bits per heavy atom. The van der Waals surface area contributed by atoms with Crippen LogP contribution in [0.1, 0.15) is 24.8 Å². The molecule has 142 valence electrons. The Hall–Kier alpha value is -2.44. The predicted octanol–water partition coefficient (Wildman–Crippen LogP) is 2.89. The molecule has 6 heteroatoms. The lowest BCUT2D eigenvalue weighted by atomic mass is 9.90. The molecule has 2 fully saturated rings. The van der Waals surface area contributed by atoms with Crippen LogP contribution in [0.4, 0.5) is 4.79 Å². The zero-order chi connectivity index (χ0) is 18.5. The van der Waals surface area contributed by atoms with Crippen molar-refractivity contribution >= 4 is 6.03 Å². The highest BCUT2D eigenvalue weighted by molar-refractivity contribution is 5.74. The Balaban J connectivity index is 1.30. The number of nitrogens with zero attached hydrogens (tertiary/aromatic N) is 1. The summed E-state index contributed by atoms with van der Waals surface area (Å²) in [5, 5.41) is 6.05. The van der Waals surface area contributed by atoms with Gasteiger partial charge < -0.3 is 20.1 Å². The van der Waals surface area contributed by atoms with E-state index < -0.39 is 0 Å². The first-order chi connectivity index (χ1) is 13.2. The molecule has 2 aliphatic heterocycles. The summed E-state index contributed by atoms with van der Waals surface area (Å²) in [4.78, 5) is 16.7. The zero-order valence-electron chi connectivity index (χ0n) is 15.3. The third-order valence-corrected chi connectivity index (χ3v) is 5.24. The van der Waals surface area contributed by atoms with Gasteiger partial charge in [-0.15, -0.1) is 0 Å². The lowest BCUT2D eigenvalue weighted by Gasteiger charge is -2.37. The Morgan fingerprint density at radius 3 is 3.00 bits per heavy atom. The molecule has 6 nitrogen and oxygen atoms in total. The number of carbonyl (C=O) groups is 1. The first-order valence-corrected chi connectivity index (χ1v) is 9.49. The van der Waals surface area contributed by atoms with E-state index in [0.717, 1.165) is 42.7 Å². The molecule has 2 unspecified atom stereocenters. The second-order valence-corrected chi connectivity index (χ2v) is 7.27. The Labute approximate surface area is 159 Å². The lowest BCUT2D eigenvalue weighted by molar-refractivity contribution is -0.0878. The van der Waals surface area contributed by atoms with Gasteiger partial charge >= 0.3 is 6.03 Å². The van der Waals surface area contributed by atoms with Crippen LogP contribution in [-0.2, 0) is 16.0 Å². The average molecular weight is 367 g/mol. The van der Waals surface area contributed by atoms with Gasteiger partial charge in [-0.3, -0.25) is 4.98 Å². The quantitative estimate of drug-likeness (QED) is 0.872. The number of amides is 2. The third-order valence-electron chi connectivity index (χ3n) is 5.24. The van der Waals surface area contributed by atoms with Gasteiger partial charge in [-0.2, -0.15) is 0 Å². The molecule has 4 rings (SSSR count). The van der Waals surface area contributed by atoms with E-state index in [1.54, 1.807) is 6.20 Å². The highest BCUT2D eigenvalue weighted by atomic mass is 16.6. The van der Waals surface area contributed by atoms with Gasteiger partial charge in [0.15, 0.2) is 0 Å². The SMILES string of the molecule is O=C(NCc1cccc(-c2ccccn2)c1)NC1CCOC2(CCOC2)C1. The molecule has 1 spiro atoms. The topological polar surface area (TPSA) is 72.5 Å². The molecule has 0 saturated carbocycles. The number of aromatic nitrogens is 1. The third kappa shape index (κ3) is 4.46. The Bertz CT molecular complexity index is 775. The highest BCUT2D eigenvalue weighted by Crippen LogP contribution is 2.32. The molecular formula is C21H25N3O3. The van der Waals surface area contributed by atoms with Crippen molar-refractivity contribution in [2.75, 3.05) is 19.8 Å². The van der Waals surface area contributed by atoms with Crippen molar-refractivity contribution in [3.63, 3.8) is 0 Å². The molecule has 2 saturated heterocycles. The van der Waals surface area contributed by atoms with Gasteiger partial charge in [0.25, 0.3) is 0 Å². The zero-order valence-corrected chi connectivity index (χ0v) is 15.3. The molecule has 2 N–H and O–H groups in total. The van der Waals surface area contributed by atoms with Crippen molar-refractivity contribution < 1.29 is 14.3 Å². The summed E-state index contributed by atoms with van der Waals surface area (Å²) in [7, 11) is 0. The molecule has 3 heterocycles. The number of hydrogen-bond donors (Lipinski definition) is 2. The molecular weight excluding hydrogens is 342 g/mol. The Kier molecular flexibility index (Phi) is 5.36. The summed E-state index contributed by atoms with van der Waals surface area (Å²) in [6.45, 7) is 2.52. The summed E-state index contributed by atoms with van der Waals surface area (Å²) >= 11 is 0. The first kappa shape index (κ1) is 17.9. The van der Waals surface area contributed by atoms with Crippen molar-refractivity contribution in [1.29, 1.82) is 0 Å². The molecule has 0 aliphatic carbocycles. The summed E-state index contributed by atoms with van der Waals surface area (Å²) in [5.74, 6) is 0.